The number of hydrogen-bond donors (Lipinski definition) is 1. The van der Waals surface area contributed by atoms with Crippen molar-refractivity contribution in [3.05, 3.63) is 48.0 Å². The second-order valence-corrected chi connectivity index (χ2v) is 8.20. The van der Waals surface area contributed by atoms with Crippen LogP contribution in [0.4, 0.5) is 5.69 Å². The van der Waals surface area contributed by atoms with Crippen LogP contribution in [0.1, 0.15) is 12.0 Å². The van der Waals surface area contributed by atoms with E-state index >= 15 is 0 Å². The van der Waals surface area contributed by atoms with E-state index in [1.165, 1.54) is 21.2 Å². The molecular weight excluding hydrogens is 368 g/mol. The normalized spacial score (nSPS) is 11.3. The average Bonchev–Trinajstić information content (AvgIpc) is 2.66. The summed E-state index contributed by atoms with van der Waals surface area (Å²) in [6.45, 7) is 0. The topological polar surface area (TPSA) is 84.9 Å². The SMILES string of the molecule is COc1ccc(OC)c(NC(=O)CCc2ccc(S(=O)(=O)N(C)C)cc2)c1. The first-order chi connectivity index (χ1) is 12.8. The van der Waals surface area contributed by atoms with Crippen LogP contribution in [0.5, 0.6) is 11.5 Å². The predicted molar refractivity (Wildman–Crippen MR) is 104 cm³/mol. The fourth-order valence-corrected chi connectivity index (χ4v) is 3.32. The van der Waals surface area contributed by atoms with Crippen molar-refractivity contribution in [1.82, 2.24) is 4.31 Å². The Hall–Kier alpha value is -2.58. The highest BCUT2D eigenvalue weighted by Gasteiger charge is 2.16. The molecule has 0 saturated carbocycles. The van der Waals surface area contributed by atoms with E-state index in [4.69, 9.17) is 9.47 Å². The van der Waals surface area contributed by atoms with Gasteiger partial charge in [-0.25, -0.2) is 12.7 Å². The van der Waals surface area contributed by atoms with Crippen LogP contribution >= 0.6 is 0 Å². The maximum absolute atomic E-state index is 12.3. The fraction of sp³-hybridized carbons (Fsp3) is 0.316. The zero-order chi connectivity index (χ0) is 20.0. The minimum absolute atomic E-state index is 0.174. The lowest BCUT2D eigenvalue weighted by Crippen LogP contribution is -2.22. The van der Waals surface area contributed by atoms with Gasteiger partial charge in [0.2, 0.25) is 15.9 Å². The molecule has 0 heterocycles. The highest BCUT2D eigenvalue weighted by atomic mass is 32.2. The first-order valence-electron chi connectivity index (χ1n) is 8.31. The Labute approximate surface area is 160 Å². The number of carbonyl (C=O) groups excluding carboxylic acids is 1. The summed E-state index contributed by atoms with van der Waals surface area (Å²) in [5.74, 6) is 0.984. The van der Waals surface area contributed by atoms with Crippen LogP contribution in [0.15, 0.2) is 47.4 Å². The monoisotopic (exact) mass is 392 g/mol. The van der Waals surface area contributed by atoms with E-state index < -0.39 is 10.0 Å². The van der Waals surface area contributed by atoms with Gasteiger partial charge in [0.15, 0.2) is 0 Å². The Balaban J connectivity index is 2.00. The molecule has 0 aliphatic heterocycles. The van der Waals surface area contributed by atoms with Crippen LogP contribution in [-0.4, -0.2) is 46.9 Å². The van der Waals surface area contributed by atoms with Gasteiger partial charge in [-0.05, 0) is 36.2 Å². The zero-order valence-electron chi connectivity index (χ0n) is 15.9. The third kappa shape index (κ3) is 5.21. The predicted octanol–water partition coefficient (Wildman–Crippen LogP) is 2.53. The van der Waals surface area contributed by atoms with Crippen LogP contribution in [0.2, 0.25) is 0 Å². The van der Waals surface area contributed by atoms with Crippen molar-refractivity contribution in [1.29, 1.82) is 0 Å². The third-order valence-electron chi connectivity index (χ3n) is 4.02. The standard InChI is InChI=1S/C19H24N2O5S/c1-21(2)27(23,24)16-9-5-14(6-10-16)7-12-19(22)20-17-13-15(25-3)8-11-18(17)26-4/h5-6,8-11,13H,7,12H2,1-4H3,(H,20,22). The number of methoxy groups -OCH3 is 2. The first-order valence-corrected chi connectivity index (χ1v) is 9.75. The minimum Gasteiger partial charge on any atom is -0.497 e. The van der Waals surface area contributed by atoms with Gasteiger partial charge in [-0.1, -0.05) is 12.1 Å². The van der Waals surface area contributed by atoms with Crippen molar-refractivity contribution in [2.24, 2.45) is 0 Å². The average molecular weight is 392 g/mol. The van der Waals surface area contributed by atoms with E-state index in [0.29, 0.717) is 23.6 Å². The van der Waals surface area contributed by atoms with Crippen molar-refractivity contribution in [2.75, 3.05) is 33.6 Å². The molecule has 0 bridgehead atoms. The van der Waals surface area contributed by atoms with Gasteiger partial charge in [0, 0.05) is 26.6 Å². The molecule has 0 spiro atoms. The molecule has 146 valence electrons. The number of anilines is 1. The lowest BCUT2D eigenvalue weighted by atomic mass is 10.1. The maximum Gasteiger partial charge on any atom is 0.242 e. The number of rotatable bonds is 8. The van der Waals surface area contributed by atoms with Gasteiger partial charge in [0.05, 0.1) is 24.8 Å². The molecule has 0 unspecified atom stereocenters. The molecule has 0 aliphatic rings. The van der Waals surface area contributed by atoms with Gasteiger partial charge in [0.1, 0.15) is 11.5 Å². The molecule has 2 aromatic rings. The molecule has 1 N–H and O–H groups in total. The summed E-state index contributed by atoms with van der Waals surface area (Å²) in [6.07, 6.45) is 0.737. The van der Waals surface area contributed by atoms with Gasteiger partial charge in [-0.2, -0.15) is 0 Å². The quantitative estimate of drug-likeness (QED) is 0.746. The molecule has 0 atom stereocenters. The van der Waals surface area contributed by atoms with Gasteiger partial charge in [-0.15, -0.1) is 0 Å². The Bertz CT molecular complexity index is 893. The van der Waals surface area contributed by atoms with E-state index in [0.717, 1.165) is 9.87 Å². The Morgan fingerprint density at radius 1 is 1.04 bits per heavy atom. The Kier molecular flexibility index (Phi) is 6.81. The van der Waals surface area contributed by atoms with Crippen LogP contribution in [0.25, 0.3) is 0 Å². The zero-order valence-corrected chi connectivity index (χ0v) is 16.7. The molecule has 0 aliphatic carbocycles. The van der Waals surface area contributed by atoms with Crippen LogP contribution in [-0.2, 0) is 21.2 Å². The summed E-state index contributed by atoms with van der Waals surface area (Å²) in [5.41, 5.74) is 1.41. The molecule has 2 rings (SSSR count). The van der Waals surface area contributed by atoms with Gasteiger partial charge in [0.25, 0.3) is 0 Å². The van der Waals surface area contributed by atoms with Gasteiger partial charge < -0.3 is 14.8 Å². The number of sulfonamides is 1. The van der Waals surface area contributed by atoms with Crippen molar-refractivity contribution >= 4 is 21.6 Å². The molecular formula is C19H24N2O5S. The number of nitrogens with one attached hydrogen (secondary N) is 1. The number of amides is 1. The number of benzene rings is 2. The number of nitrogens with zero attached hydrogens (tertiary/aromatic N) is 1. The molecule has 1 amide bonds. The van der Waals surface area contributed by atoms with Crippen molar-refractivity contribution in [3.8, 4) is 11.5 Å². The summed E-state index contributed by atoms with van der Waals surface area (Å²) < 4.78 is 35.7. The summed E-state index contributed by atoms with van der Waals surface area (Å²) in [5, 5.41) is 2.81. The molecule has 0 radical (unpaired) electrons. The van der Waals surface area contributed by atoms with E-state index in [9.17, 15) is 13.2 Å². The number of aryl methyl sites for hydroxylation is 1. The lowest BCUT2D eigenvalue weighted by molar-refractivity contribution is -0.116. The molecule has 0 saturated heterocycles. The summed E-state index contributed by atoms with van der Waals surface area (Å²) in [6, 6.07) is 11.7. The first kappa shape index (κ1) is 20.7. The summed E-state index contributed by atoms with van der Waals surface area (Å²) in [7, 11) is 2.60. The molecule has 2 aromatic carbocycles. The highest BCUT2D eigenvalue weighted by Crippen LogP contribution is 2.29. The molecule has 7 nitrogen and oxygen atoms in total. The largest absolute Gasteiger partial charge is 0.497 e. The second-order valence-electron chi connectivity index (χ2n) is 6.05. The van der Waals surface area contributed by atoms with E-state index in [1.807, 2.05) is 0 Å². The third-order valence-corrected chi connectivity index (χ3v) is 5.85. The van der Waals surface area contributed by atoms with Crippen LogP contribution in [0.3, 0.4) is 0 Å². The van der Waals surface area contributed by atoms with Crippen molar-refractivity contribution in [2.45, 2.75) is 17.7 Å². The maximum atomic E-state index is 12.3. The molecule has 27 heavy (non-hydrogen) atoms. The van der Waals surface area contributed by atoms with Crippen LogP contribution in [0, 0.1) is 0 Å². The molecule has 0 fully saturated rings. The molecule has 0 aromatic heterocycles. The van der Waals surface area contributed by atoms with Gasteiger partial charge >= 0.3 is 0 Å². The van der Waals surface area contributed by atoms with E-state index in [2.05, 4.69) is 5.32 Å². The minimum atomic E-state index is -3.45. The van der Waals surface area contributed by atoms with Crippen molar-refractivity contribution < 1.29 is 22.7 Å². The fourth-order valence-electron chi connectivity index (χ4n) is 2.42. The Morgan fingerprint density at radius 3 is 2.26 bits per heavy atom. The number of hydrogen-bond acceptors (Lipinski definition) is 5. The molecule has 8 heteroatoms. The summed E-state index contributed by atoms with van der Waals surface area (Å²) >= 11 is 0. The second kappa shape index (κ2) is 8.88. The van der Waals surface area contributed by atoms with E-state index in [1.54, 1.807) is 49.6 Å². The smallest absolute Gasteiger partial charge is 0.242 e. The van der Waals surface area contributed by atoms with Crippen LogP contribution < -0.4 is 14.8 Å². The lowest BCUT2D eigenvalue weighted by Gasteiger charge is -2.12. The number of carbonyl (C=O) groups is 1. The van der Waals surface area contributed by atoms with Gasteiger partial charge in [-0.3, -0.25) is 4.79 Å². The summed E-state index contributed by atoms with van der Waals surface area (Å²) in [4.78, 5) is 12.5. The highest BCUT2D eigenvalue weighted by molar-refractivity contribution is 7.89. The van der Waals surface area contributed by atoms with E-state index in [-0.39, 0.29) is 17.2 Å². The number of ether oxygens (including phenoxy) is 2. The van der Waals surface area contributed by atoms with Crippen molar-refractivity contribution in [3.63, 3.8) is 0 Å². The Morgan fingerprint density at radius 2 is 1.70 bits per heavy atom.